The number of aliphatic hydroxyl groups is 1. The molecule has 3 heteroatoms. The molecule has 0 saturated carbocycles. The summed E-state index contributed by atoms with van der Waals surface area (Å²) in [6, 6.07) is 6.48. The molecule has 0 heterocycles. The van der Waals surface area contributed by atoms with E-state index in [1.54, 1.807) is 0 Å². The highest BCUT2D eigenvalue weighted by atomic mass is 16.3. The predicted molar refractivity (Wildman–Crippen MR) is 78.3 cm³/mol. The fourth-order valence-electron chi connectivity index (χ4n) is 1.85. The standard InChI is InChI=1S/C16H25NO2/c1-11(2)13-7-6-12(3)14(10-13)8-9-17-15(18)16(4,5)19/h6-7,10-11,19H,8-9H2,1-5H3,(H,17,18). The molecule has 0 aromatic heterocycles. The Kier molecular flexibility index (Phi) is 5.12. The summed E-state index contributed by atoms with van der Waals surface area (Å²) in [5.41, 5.74) is 2.49. The van der Waals surface area contributed by atoms with E-state index < -0.39 is 5.60 Å². The molecule has 0 saturated heterocycles. The smallest absolute Gasteiger partial charge is 0.251 e. The normalized spacial score (nSPS) is 11.7. The summed E-state index contributed by atoms with van der Waals surface area (Å²) in [5.74, 6) is 0.176. The van der Waals surface area contributed by atoms with Gasteiger partial charge in [0.1, 0.15) is 5.60 Å². The van der Waals surface area contributed by atoms with Crippen LogP contribution in [-0.2, 0) is 11.2 Å². The van der Waals surface area contributed by atoms with Gasteiger partial charge in [0.2, 0.25) is 0 Å². The number of benzene rings is 1. The maximum atomic E-state index is 11.6. The van der Waals surface area contributed by atoms with E-state index in [0.29, 0.717) is 12.5 Å². The van der Waals surface area contributed by atoms with Crippen LogP contribution in [0.4, 0.5) is 0 Å². The fraction of sp³-hybridized carbons (Fsp3) is 0.562. The van der Waals surface area contributed by atoms with E-state index in [2.05, 4.69) is 44.3 Å². The van der Waals surface area contributed by atoms with Crippen LogP contribution in [0.5, 0.6) is 0 Å². The topological polar surface area (TPSA) is 49.3 Å². The SMILES string of the molecule is Cc1ccc(C(C)C)cc1CCNC(=O)C(C)(C)O. The van der Waals surface area contributed by atoms with Crippen LogP contribution in [-0.4, -0.2) is 23.2 Å². The number of aryl methyl sites for hydroxylation is 1. The van der Waals surface area contributed by atoms with Crippen LogP contribution in [0.2, 0.25) is 0 Å². The van der Waals surface area contributed by atoms with Crippen molar-refractivity contribution in [3.63, 3.8) is 0 Å². The van der Waals surface area contributed by atoms with Crippen molar-refractivity contribution in [3.05, 3.63) is 34.9 Å². The number of nitrogens with one attached hydrogen (secondary N) is 1. The number of rotatable bonds is 5. The first-order valence-corrected chi connectivity index (χ1v) is 6.82. The molecule has 0 aliphatic rings. The van der Waals surface area contributed by atoms with Gasteiger partial charge in [-0.3, -0.25) is 4.79 Å². The van der Waals surface area contributed by atoms with E-state index in [9.17, 15) is 9.90 Å². The van der Waals surface area contributed by atoms with Gasteiger partial charge in [-0.2, -0.15) is 0 Å². The van der Waals surface area contributed by atoms with Gasteiger partial charge in [-0.15, -0.1) is 0 Å². The molecule has 19 heavy (non-hydrogen) atoms. The average molecular weight is 263 g/mol. The van der Waals surface area contributed by atoms with Gasteiger partial charge in [-0.25, -0.2) is 0 Å². The lowest BCUT2D eigenvalue weighted by Crippen LogP contribution is -2.42. The number of hydrogen-bond donors (Lipinski definition) is 2. The van der Waals surface area contributed by atoms with Gasteiger partial charge in [-0.1, -0.05) is 32.0 Å². The zero-order valence-corrected chi connectivity index (χ0v) is 12.6. The van der Waals surface area contributed by atoms with Gasteiger partial charge in [0.25, 0.3) is 5.91 Å². The van der Waals surface area contributed by atoms with E-state index in [1.165, 1.54) is 30.5 Å². The lowest BCUT2D eigenvalue weighted by molar-refractivity contribution is -0.136. The zero-order chi connectivity index (χ0) is 14.6. The van der Waals surface area contributed by atoms with Gasteiger partial charge in [-0.05, 0) is 49.8 Å². The second-order valence-electron chi connectivity index (χ2n) is 5.91. The maximum absolute atomic E-state index is 11.6. The largest absolute Gasteiger partial charge is 0.381 e. The molecule has 1 amide bonds. The highest BCUT2D eigenvalue weighted by molar-refractivity contribution is 5.83. The van der Waals surface area contributed by atoms with E-state index in [-0.39, 0.29) is 5.91 Å². The van der Waals surface area contributed by atoms with Crippen molar-refractivity contribution in [3.8, 4) is 0 Å². The maximum Gasteiger partial charge on any atom is 0.251 e. The summed E-state index contributed by atoms with van der Waals surface area (Å²) in [4.78, 5) is 11.6. The Labute approximate surface area is 116 Å². The second kappa shape index (κ2) is 6.20. The Morgan fingerprint density at radius 3 is 2.53 bits per heavy atom. The molecular weight excluding hydrogens is 238 g/mol. The van der Waals surface area contributed by atoms with E-state index in [0.717, 1.165) is 6.42 Å². The molecule has 106 valence electrons. The van der Waals surface area contributed by atoms with Crippen molar-refractivity contribution in [2.24, 2.45) is 0 Å². The van der Waals surface area contributed by atoms with Crippen LogP contribution in [0.15, 0.2) is 18.2 Å². The molecule has 0 aliphatic carbocycles. The Morgan fingerprint density at radius 1 is 1.37 bits per heavy atom. The van der Waals surface area contributed by atoms with E-state index in [1.807, 2.05) is 0 Å². The average Bonchev–Trinajstić information content (AvgIpc) is 2.29. The van der Waals surface area contributed by atoms with Gasteiger partial charge in [0.15, 0.2) is 0 Å². The summed E-state index contributed by atoms with van der Waals surface area (Å²) in [6.45, 7) is 9.96. The monoisotopic (exact) mass is 263 g/mol. The van der Waals surface area contributed by atoms with Crippen LogP contribution in [0, 0.1) is 6.92 Å². The van der Waals surface area contributed by atoms with Crippen molar-refractivity contribution in [2.45, 2.75) is 52.6 Å². The first-order chi connectivity index (χ1) is 8.71. The van der Waals surface area contributed by atoms with Crippen LogP contribution in [0.1, 0.15) is 50.3 Å². The minimum atomic E-state index is -1.31. The van der Waals surface area contributed by atoms with Crippen LogP contribution < -0.4 is 5.32 Å². The van der Waals surface area contributed by atoms with Crippen molar-refractivity contribution in [1.29, 1.82) is 0 Å². The van der Waals surface area contributed by atoms with Crippen LogP contribution >= 0.6 is 0 Å². The third-order valence-electron chi connectivity index (χ3n) is 3.28. The van der Waals surface area contributed by atoms with Gasteiger partial charge in [0, 0.05) is 6.54 Å². The van der Waals surface area contributed by atoms with E-state index >= 15 is 0 Å². The highest BCUT2D eigenvalue weighted by Gasteiger charge is 2.22. The van der Waals surface area contributed by atoms with Crippen molar-refractivity contribution >= 4 is 5.91 Å². The molecule has 0 spiro atoms. The Hall–Kier alpha value is -1.35. The third-order valence-corrected chi connectivity index (χ3v) is 3.28. The van der Waals surface area contributed by atoms with Crippen LogP contribution in [0.3, 0.4) is 0 Å². The van der Waals surface area contributed by atoms with Crippen molar-refractivity contribution in [2.75, 3.05) is 6.54 Å². The first kappa shape index (κ1) is 15.7. The highest BCUT2D eigenvalue weighted by Crippen LogP contribution is 2.18. The third kappa shape index (κ3) is 4.67. The Bertz CT molecular complexity index is 445. The van der Waals surface area contributed by atoms with Gasteiger partial charge in [0.05, 0.1) is 0 Å². The van der Waals surface area contributed by atoms with Crippen molar-refractivity contribution < 1.29 is 9.90 Å². The molecule has 0 fully saturated rings. The minimum Gasteiger partial charge on any atom is -0.381 e. The second-order valence-corrected chi connectivity index (χ2v) is 5.91. The summed E-state index contributed by atoms with van der Waals surface area (Å²) < 4.78 is 0. The van der Waals surface area contributed by atoms with Crippen LogP contribution in [0.25, 0.3) is 0 Å². The Balaban J connectivity index is 2.63. The first-order valence-electron chi connectivity index (χ1n) is 6.82. The summed E-state index contributed by atoms with van der Waals surface area (Å²) in [7, 11) is 0. The fourth-order valence-corrected chi connectivity index (χ4v) is 1.85. The van der Waals surface area contributed by atoms with Gasteiger partial charge >= 0.3 is 0 Å². The predicted octanol–water partition coefficient (Wildman–Crippen LogP) is 2.55. The molecule has 0 radical (unpaired) electrons. The summed E-state index contributed by atoms with van der Waals surface area (Å²) in [5, 5.41) is 12.3. The number of hydrogen-bond acceptors (Lipinski definition) is 2. The minimum absolute atomic E-state index is 0.329. The molecule has 3 nitrogen and oxygen atoms in total. The number of carbonyl (C=O) groups is 1. The molecule has 0 unspecified atom stereocenters. The van der Waals surface area contributed by atoms with Crippen molar-refractivity contribution in [1.82, 2.24) is 5.32 Å². The molecule has 0 bridgehead atoms. The molecular formula is C16H25NO2. The summed E-state index contributed by atoms with van der Waals surface area (Å²) >= 11 is 0. The summed E-state index contributed by atoms with van der Waals surface area (Å²) in [6.07, 6.45) is 0.786. The quantitative estimate of drug-likeness (QED) is 0.857. The molecule has 1 aromatic rings. The van der Waals surface area contributed by atoms with E-state index in [4.69, 9.17) is 0 Å². The molecule has 1 aromatic carbocycles. The zero-order valence-electron chi connectivity index (χ0n) is 12.6. The lowest BCUT2D eigenvalue weighted by atomic mass is 9.96. The molecule has 1 rings (SSSR count). The molecule has 0 atom stereocenters. The Morgan fingerprint density at radius 2 is 2.00 bits per heavy atom. The molecule has 2 N–H and O–H groups in total. The lowest BCUT2D eigenvalue weighted by Gasteiger charge is -2.17. The molecule has 0 aliphatic heterocycles. The number of amides is 1. The number of carbonyl (C=O) groups excluding carboxylic acids is 1. The van der Waals surface area contributed by atoms with Gasteiger partial charge < -0.3 is 10.4 Å².